The van der Waals surface area contributed by atoms with Crippen LogP contribution in [0.15, 0.2) is 22.7 Å². The van der Waals surface area contributed by atoms with E-state index in [1.165, 1.54) is 0 Å². The molecule has 2 rings (SSSR count). The number of likely N-dealkylation sites (tertiary alicyclic amines) is 1. The predicted molar refractivity (Wildman–Crippen MR) is 102 cm³/mol. The van der Waals surface area contributed by atoms with Crippen LogP contribution in [-0.2, 0) is 4.79 Å². The van der Waals surface area contributed by atoms with Gasteiger partial charge in [-0.2, -0.15) is 0 Å². The van der Waals surface area contributed by atoms with E-state index in [-0.39, 0.29) is 11.9 Å². The lowest BCUT2D eigenvalue weighted by atomic mass is 10.0. The number of hydrogen-bond donors (Lipinski definition) is 1. The number of nitrogens with one attached hydrogen (secondary N) is 1. The summed E-state index contributed by atoms with van der Waals surface area (Å²) in [6, 6.07) is 5.50. The van der Waals surface area contributed by atoms with Crippen LogP contribution in [0.25, 0.3) is 0 Å². The molecule has 1 amide bonds. The second-order valence-electron chi connectivity index (χ2n) is 6.81. The average Bonchev–Trinajstić information content (AvgIpc) is 2.51. The molecule has 0 aliphatic carbocycles. The van der Waals surface area contributed by atoms with Crippen molar-refractivity contribution in [2.75, 3.05) is 19.6 Å². The minimum Gasteiger partial charge on any atom is -0.480 e. The zero-order valence-corrected chi connectivity index (χ0v) is 16.9. The Balaban J connectivity index is 1.80. The Kier molecular flexibility index (Phi) is 7.38. The quantitative estimate of drug-likeness (QED) is 0.757. The number of benzene rings is 1. The van der Waals surface area contributed by atoms with Crippen molar-refractivity contribution >= 4 is 33.4 Å². The Bertz CT molecular complexity index is 560. The van der Waals surface area contributed by atoms with Crippen LogP contribution in [0, 0.1) is 5.92 Å². The van der Waals surface area contributed by atoms with E-state index in [4.69, 9.17) is 16.3 Å². The molecule has 1 atom stereocenters. The summed E-state index contributed by atoms with van der Waals surface area (Å²) in [7, 11) is 0. The fourth-order valence-electron chi connectivity index (χ4n) is 2.91. The molecule has 4 nitrogen and oxygen atoms in total. The summed E-state index contributed by atoms with van der Waals surface area (Å²) in [6.07, 6.45) is 1.45. The third kappa shape index (κ3) is 5.94. The predicted octanol–water partition coefficient (Wildman–Crippen LogP) is 4.11. The summed E-state index contributed by atoms with van der Waals surface area (Å²) in [6.45, 7) is 9.46. The van der Waals surface area contributed by atoms with Crippen LogP contribution in [0.5, 0.6) is 5.75 Å². The third-order valence-electron chi connectivity index (χ3n) is 4.12. The van der Waals surface area contributed by atoms with E-state index in [1.54, 1.807) is 25.1 Å². The number of rotatable bonds is 6. The molecule has 1 heterocycles. The maximum absolute atomic E-state index is 12.4. The molecule has 24 heavy (non-hydrogen) atoms. The summed E-state index contributed by atoms with van der Waals surface area (Å²) in [5.74, 6) is 1.23. The summed E-state index contributed by atoms with van der Waals surface area (Å²) >= 11 is 9.32. The van der Waals surface area contributed by atoms with Crippen molar-refractivity contribution in [2.24, 2.45) is 5.92 Å². The molecule has 0 aromatic heterocycles. The topological polar surface area (TPSA) is 41.6 Å². The van der Waals surface area contributed by atoms with Crippen molar-refractivity contribution in [3.8, 4) is 5.75 Å². The summed E-state index contributed by atoms with van der Waals surface area (Å²) < 4.78 is 6.50. The van der Waals surface area contributed by atoms with E-state index in [2.05, 4.69) is 40.0 Å². The number of carbonyl (C=O) groups excluding carboxylic acids is 1. The smallest absolute Gasteiger partial charge is 0.260 e. The zero-order chi connectivity index (χ0) is 17.7. The SMILES string of the molecule is CC(C)CN1CCC(NC(=O)[C@@H](C)Oc2ccc(Cl)cc2Br)CC1. The highest BCUT2D eigenvalue weighted by molar-refractivity contribution is 9.10. The van der Waals surface area contributed by atoms with Crippen LogP contribution < -0.4 is 10.1 Å². The normalized spacial score (nSPS) is 17.8. The van der Waals surface area contributed by atoms with Crippen molar-refractivity contribution in [1.82, 2.24) is 10.2 Å². The first kappa shape index (κ1) is 19.5. The molecule has 1 fully saturated rings. The van der Waals surface area contributed by atoms with Gasteiger partial charge >= 0.3 is 0 Å². The summed E-state index contributed by atoms with van der Waals surface area (Å²) in [5, 5.41) is 3.74. The molecule has 1 N–H and O–H groups in total. The molecule has 0 radical (unpaired) electrons. The lowest BCUT2D eigenvalue weighted by molar-refractivity contribution is -0.128. The van der Waals surface area contributed by atoms with Gasteiger partial charge in [-0.25, -0.2) is 0 Å². The highest BCUT2D eigenvalue weighted by Crippen LogP contribution is 2.28. The highest BCUT2D eigenvalue weighted by Gasteiger charge is 2.24. The lowest BCUT2D eigenvalue weighted by Gasteiger charge is -2.33. The Labute approximate surface area is 158 Å². The van der Waals surface area contributed by atoms with E-state index < -0.39 is 6.10 Å². The molecule has 0 bridgehead atoms. The van der Waals surface area contributed by atoms with Gasteiger partial charge in [0.15, 0.2) is 6.10 Å². The maximum Gasteiger partial charge on any atom is 0.260 e. The van der Waals surface area contributed by atoms with Gasteiger partial charge in [-0.15, -0.1) is 0 Å². The maximum atomic E-state index is 12.4. The second-order valence-corrected chi connectivity index (χ2v) is 8.10. The molecular formula is C18H26BrClN2O2. The number of ether oxygens (including phenoxy) is 1. The molecule has 1 aliphatic heterocycles. The van der Waals surface area contributed by atoms with Gasteiger partial charge in [-0.05, 0) is 59.8 Å². The van der Waals surface area contributed by atoms with Gasteiger partial charge in [-0.3, -0.25) is 4.79 Å². The third-order valence-corrected chi connectivity index (χ3v) is 4.98. The number of hydrogen-bond acceptors (Lipinski definition) is 3. The number of nitrogens with zero attached hydrogens (tertiary/aromatic N) is 1. The van der Waals surface area contributed by atoms with Crippen LogP contribution in [0.4, 0.5) is 0 Å². The molecule has 1 aliphatic rings. The van der Waals surface area contributed by atoms with Gasteiger partial charge in [0.05, 0.1) is 4.47 Å². The van der Waals surface area contributed by atoms with Crippen molar-refractivity contribution in [2.45, 2.75) is 45.8 Å². The Hall–Kier alpha value is -0.780. The molecule has 6 heteroatoms. The first-order valence-electron chi connectivity index (χ1n) is 8.49. The van der Waals surface area contributed by atoms with Crippen molar-refractivity contribution in [3.05, 3.63) is 27.7 Å². The van der Waals surface area contributed by atoms with Gasteiger partial charge in [0.25, 0.3) is 5.91 Å². The molecule has 1 aromatic carbocycles. The van der Waals surface area contributed by atoms with Gasteiger partial charge in [0, 0.05) is 30.7 Å². The molecule has 0 unspecified atom stereocenters. The minimum atomic E-state index is -0.545. The first-order chi connectivity index (χ1) is 11.3. The molecule has 1 saturated heterocycles. The molecule has 1 aromatic rings. The minimum absolute atomic E-state index is 0.0702. The van der Waals surface area contributed by atoms with E-state index in [1.807, 2.05) is 0 Å². The zero-order valence-electron chi connectivity index (χ0n) is 14.5. The number of piperidine rings is 1. The van der Waals surface area contributed by atoms with Crippen LogP contribution in [-0.4, -0.2) is 42.6 Å². The van der Waals surface area contributed by atoms with Crippen LogP contribution in [0.3, 0.4) is 0 Å². The lowest BCUT2D eigenvalue weighted by Crippen LogP contribution is -2.48. The summed E-state index contributed by atoms with van der Waals surface area (Å²) in [4.78, 5) is 14.8. The Morgan fingerprint density at radius 3 is 2.62 bits per heavy atom. The average molecular weight is 418 g/mol. The summed E-state index contributed by atoms with van der Waals surface area (Å²) in [5.41, 5.74) is 0. The van der Waals surface area contributed by atoms with Crippen molar-refractivity contribution in [1.29, 1.82) is 0 Å². The van der Waals surface area contributed by atoms with Gasteiger partial charge in [0.1, 0.15) is 5.75 Å². The number of amides is 1. The Morgan fingerprint density at radius 2 is 2.04 bits per heavy atom. The molecule has 134 valence electrons. The van der Waals surface area contributed by atoms with E-state index in [0.717, 1.165) is 36.9 Å². The highest BCUT2D eigenvalue weighted by atomic mass is 79.9. The van der Waals surface area contributed by atoms with Crippen molar-refractivity contribution in [3.63, 3.8) is 0 Å². The van der Waals surface area contributed by atoms with Crippen LogP contribution in [0.2, 0.25) is 5.02 Å². The van der Waals surface area contributed by atoms with Crippen molar-refractivity contribution < 1.29 is 9.53 Å². The first-order valence-corrected chi connectivity index (χ1v) is 9.66. The van der Waals surface area contributed by atoms with E-state index >= 15 is 0 Å². The number of halogens is 2. The standard InChI is InChI=1S/C18H26BrClN2O2/c1-12(2)11-22-8-6-15(7-9-22)21-18(23)13(3)24-17-5-4-14(20)10-16(17)19/h4-5,10,12-13,15H,6-9,11H2,1-3H3,(H,21,23)/t13-/m1/s1. The molecular weight excluding hydrogens is 392 g/mol. The fraction of sp³-hybridized carbons (Fsp3) is 0.611. The molecule has 0 spiro atoms. The van der Waals surface area contributed by atoms with E-state index in [0.29, 0.717) is 16.7 Å². The van der Waals surface area contributed by atoms with Crippen LogP contribution >= 0.6 is 27.5 Å². The number of carbonyl (C=O) groups is 1. The van der Waals surface area contributed by atoms with Crippen LogP contribution in [0.1, 0.15) is 33.6 Å². The largest absolute Gasteiger partial charge is 0.480 e. The molecule has 0 saturated carbocycles. The van der Waals surface area contributed by atoms with Gasteiger partial charge in [-0.1, -0.05) is 25.4 Å². The Morgan fingerprint density at radius 1 is 1.38 bits per heavy atom. The monoisotopic (exact) mass is 416 g/mol. The van der Waals surface area contributed by atoms with Gasteiger partial charge < -0.3 is 15.0 Å². The second kappa shape index (κ2) is 9.07. The van der Waals surface area contributed by atoms with Gasteiger partial charge in [0.2, 0.25) is 0 Å². The van der Waals surface area contributed by atoms with E-state index in [9.17, 15) is 4.79 Å². The fourth-order valence-corrected chi connectivity index (χ4v) is 3.69.